The lowest BCUT2D eigenvalue weighted by molar-refractivity contribution is -0.148. The number of thiazole rings is 1. The topological polar surface area (TPSA) is 59.5 Å². The molecule has 0 aliphatic carbocycles. The third-order valence-electron chi connectivity index (χ3n) is 4.82. The van der Waals surface area contributed by atoms with Crippen LogP contribution in [0.3, 0.4) is 0 Å². The Bertz CT molecular complexity index is 790. The van der Waals surface area contributed by atoms with Crippen molar-refractivity contribution in [3.8, 4) is 11.3 Å². The van der Waals surface area contributed by atoms with Gasteiger partial charge in [-0.3, -0.25) is 9.59 Å². The number of likely N-dealkylation sites (tertiary alicyclic amines) is 1. The number of esters is 1. The van der Waals surface area contributed by atoms with Crippen LogP contribution < -0.4 is 0 Å². The van der Waals surface area contributed by atoms with Gasteiger partial charge in [-0.2, -0.15) is 0 Å². The first-order valence-electron chi connectivity index (χ1n) is 8.87. The minimum Gasteiger partial charge on any atom is -0.469 e. The Balaban J connectivity index is 1.69. The highest BCUT2D eigenvalue weighted by Crippen LogP contribution is 2.29. The number of benzene rings is 1. The van der Waals surface area contributed by atoms with Gasteiger partial charge in [-0.15, -0.1) is 11.3 Å². The quantitative estimate of drug-likeness (QED) is 0.772. The summed E-state index contributed by atoms with van der Waals surface area (Å²) in [5.74, 6) is -0.153. The molecule has 0 bridgehead atoms. The molecule has 1 aromatic carbocycles. The van der Waals surface area contributed by atoms with E-state index in [2.05, 4.69) is 36.2 Å². The summed E-state index contributed by atoms with van der Waals surface area (Å²) in [6.07, 6.45) is 1.70. The van der Waals surface area contributed by atoms with Crippen LogP contribution in [-0.2, 0) is 20.7 Å². The monoisotopic (exact) mass is 372 g/mol. The molecule has 1 amide bonds. The van der Waals surface area contributed by atoms with Crippen LogP contribution >= 0.6 is 11.3 Å². The van der Waals surface area contributed by atoms with Crippen molar-refractivity contribution >= 4 is 23.2 Å². The van der Waals surface area contributed by atoms with Gasteiger partial charge >= 0.3 is 5.97 Å². The normalized spacial score (nSPS) is 15.1. The molecule has 3 rings (SSSR count). The van der Waals surface area contributed by atoms with Crippen LogP contribution in [0.4, 0.5) is 0 Å². The van der Waals surface area contributed by atoms with Gasteiger partial charge in [-0.1, -0.05) is 29.8 Å². The number of piperidine rings is 1. The summed E-state index contributed by atoms with van der Waals surface area (Å²) in [7, 11) is 1.42. The number of aromatic nitrogens is 1. The number of carbonyl (C=O) groups excluding carboxylic acids is 2. The maximum atomic E-state index is 12.7. The van der Waals surface area contributed by atoms with Crippen molar-refractivity contribution in [2.45, 2.75) is 33.1 Å². The lowest BCUT2D eigenvalue weighted by atomic mass is 9.96. The first kappa shape index (κ1) is 18.6. The van der Waals surface area contributed by atoms with E-state index in [4.69, 9.17) is 4.74 Å². The number of hydrogen-bond acceptors (Lipinski definition) is 5. The predicted octanol–water partition coefficient (Wildman–Crippen LogP) is 3.38. The highest BCUT2D eigenvalue weighted by molar-refractivity contribution is 7.12. The van der Waals surface area contributed by atoms with E-state index in [1.807, 2.05) is 11.8 Å². The van der Waals surface area contributed by atoms with E-state index < -0.39 is 0 Å². The molecule has 5 nitrogen and oxygen atoms in total. The largest absolute Gasteiger partial charge is 0.469 e. The first-order chi connectivity index (χ1) is 12.5. The van der Waals surface area contributed by atoms with Crippen molar-refractivity contribution in [3.05, 3.63) is 39.7 Å². The second-order valence-corrected chi connectivity index (χ2v) is 8.01. The van der Waals surface area contributed by atoms with Gasteiger partial charge in [0.25, 0.3) is 0 Å². The summed E-state index contributed by atoms with van der Waals surface area (Å²) in [6, 6.07) is 8.24. The first-order valence-corrected chi connectivity index (χ1v) is 9.68. The minimum absolute atomic E-state index is 0.0854. The van der Waals surface area contributed by atoms with Crippen LogP contribution in [0.5, 0.6) is 0 Å². The molecule has 1 fully saturated rings. The Labute approximate surface area is 158 Å². The molecule has 2 heterocycles. The number of nitrogens with zero attached hydrogens (tertiary/aromatic N) is 2. The molecule has 0 spiro atoms. The van der Waals surface area contributed by atoms with Crippen molar-refractivity contribution in [3.63, 3.8) is 0 Å². The minimum atomic E-state index is -0.170. The van der Waals surface area contributed by atoms with Gasteiger partial charge in [-0.05, 0) is 26.7 Å². The van der Waals surface area contributed by atoms with E-state index in [-0.39, 0.29) is 17.8 Å². The average Bonchev–Trinajstić information content (AvgIpc) is 3.02. The van der Waals surface area contributed by atoms with Gasteiger partial charge in [0.2, 0.25) is 5.91 Å². The number of rotatable bonds is 4. The van der Waals surface area contributed by atoms with Crippen molar-refractivity contribution in [1.82, 2.24) is 9.88 Å². The van der Waals surface area contributed by atoms with Gasteiger partial charge in [0.1, 0.15) is 0 Å². The van der Waals surface area contributed by atoms with E-state index in [0.717, 1.165) is 21.1 Å². The molecule has 0 unspecified atom stereocenters. The summed E-state index contributed by atoms with van der Waals surface area (Å²) in [5.41, 5.74) is 3.16. The SMILES string of the molecule is COC(=O)C1CCN(C(=O)Cc2sc(C)nc2-c2ccc(C)cc2)CC1. The van der Waals surface area contributed by atoms with Gasteiger partial charge < -0.3 is 9.64 Å². The lowest BCUT2D eigenvalue weighted by Gasteiger charge is -2.30. The van der Waals surface area contributed by atoms with Crippen LogP contribution in [0.1, 0.15) is 28.3 Å². The number of methoxy groups -OCH3 is 1. The predicted molar refractivity (Wildman–Crippen MR) is 102 cm³/mol. The summed E-state index contributed by atoms with van der Waals surface area (Å²) in [5, 5.41) is 0.966. The van der Waals surface area contributed by atoms with Crippen molar-refractivity contribution in [1.29, 1.82) is 0 Å². The van der Waals surface area contributed by atoms with Gasteiger partial charge in [0, 0.05) is 23.5 Å². The van der Waals surface area contributed by atoms with Gasteiger partial charge in [0.05, 0.1) is 30.2 Å². The number of hydrogen-bond donors (Lipinski definition) is 0. The Kier molecular flexibility index (Phi) is 5.71. The Morgan fingerprint density at radius 2 is 1.85 bits per heavy atom. The Hall–Kier alpha value is -2.21. The molecule has 0 N–H and O–H groups in total. The third kappa shape index (κ3) is 4.12. The Morgan fingerprint density at radius 3 is 2.46 bits per heavy atom. The van der Waals surface area contributed by atoms with E-state index in [9.17, 15) is 9.59 Å². The van der Waals surface area contributed by atoms with E-state index in [0.29, 0.717) is 32.4 Å². The summed E-state index contributed by atoms with van der Waals surface area (Å²) in [4.78, 5) is 31.9. The maximum absolute atomic E-state index is 12.7. The molecular formula is C20H24N2O3S. The number of amides is 1. The molecule has 0 saturated carbocycles. The summed E-state index contributed by atoms with van der Waals surface area (Å²) < 4.78 is 4.81. The second kappa shape index (κ2) is 7.99. The average molecular weight is 372 g/mol. The number of carbonyl (C=O) groups is 2. The highest BCUT2D eigenvalue weighted by atomic mass is 32.1. The van der Waals surface area contributed by atoms with Crippen molar-refractivity contribution in [2.75, 3.05) is 20.2 Å². The molecule has 1 saturated heterocycles. The lowest BCUT2D eigenvalue weighted by Crippen LogP contribution is -2.41. The van der Waals surface area contributed by atoms with Crippen molar-refractivity contribution in [2.24, 2.45) is 5.92 Å². The zero-order valence-electron chi connectivity index (χ0n) is 15.4. The van der Waals surface area contributed by atoms with Crippen LogP contribution in [-0.4, -0.2) is 42.0 Å². The second-order valence-electron chi connectivity index (χ2n) is 6.73. The third-order valence-corrected chi connectivity index (χ3v) is 5.79. The zero-order chi connectivity index (χ0) is 18.7. The fourth-order valence-corrected chi connectivity index (χ4v) is 4.26. The molecule has 0 radical (unpaired) electrons. The smallest absolute Gasteiger partial charge is 0.308 e. The van der Waals surface area contributed by atoms with E-state index >= 15 is 0 Å². The number of aryl methyl sites for hydroxylation is 2. The molecule has 1 aliphatic heterocycles. The fourth-order valence-electron chi connectivity index (χ4n) is 3.31. The summed E-state index contributed by atoms with van der Waals surface area (Å²) in [6.45, 7) is 5.24. The Morgan fingerprint density at radius 1 is 1.19 bits per heavy atom. The van der Waals surface area contributed by atoms with Crippen molar-refractivity contribution < 1.29 is 14.3 Å². The van der Waals surface area contributed by atoms with Crippen LogP contribution in [0.2, 0.25) is 0 Å². The highest BCUT2D eigenvalue weighted by Gasteiger charge is 2.28. The fraction of sp³-hybridized carbons (Fsp3) is 0.450. The van der Waals surface area contributed by atoms with Crippen LogP contribution in [0.15, 0.2) is 24.3 Å². The van der Waals surface area contributed by atoms with E-state index in [1.54, 1.807) is 11.3 Å². The molecule has 1 aliphatic rings. The molecular weight excluding hydrogens is 348 g/mol. The maximum Gasteiger partial charge on any atom is 0.308 e. The zero-order valence-corrected chi connectivity index (χ0v) is 16.3. The molecule has 6 heteroatoms. The number of ether oxygens (including phenoxy) is 1. The van der Waals surface area contributed by atoms with Gasteiger partial charge in [-0.25, -0.2) is 4.98 Å². The summed E-state index contributed by atoms with van der Waals surface area (Å²) >= 11 is 1.58. The molecule has 0 atom stereocenters. The van der Waals surface area contributed by atoms with Gasteiger partial charge in [0.15, 0.2) is 0 Å². The standard InChI is InChI=1S/C20H24N2O3S/c1-13-4-6-15(7-5-13)19-17(26-14(2)21-19)12-18(23)22-10-8-16(9-11-22)20(24)25-3/h4-7,16H,8-12H2,1-3H3. The van der Waals surface area contributed by atoms with Crippen LogP contribution in [0.25, 0.3) is 11.3 Å². The molecule has 138 valence electrons. The van der Waals surface area contributed by atoms with Crippen LogP contribution in [0, 0.1) is 19.8 Å². The molecule has 1 aromatic heterocycles. The van der Waals surface area contributed by atoms with E-state index in [1.165, 1.54) is 12.7 Å². The molecule has 2 aromatic rings. The molecule has 26 heavy (non-hydrogen) atoms.